The Kier molecular flexibility index (Phi) is 4.57. The fourth-order valence-corrected chi connectivity index (χ4v) is 4.19. The van der Waals surface area contributed by atoms with Gasteiger partial charge in [0.15, 0.2) is 0 Å². The van der Waals surface area contributed by atoms with E-state index < -0.39 is 0 Å². The molecule has 1 saturated heterocycles. The summed E-state index contributed by atoms with van der Waals surface area (Å²) < 4.78 is 6.06. The van der Waals surface area contributed by atoms with E-state index in [0.29, 0.717) is 16.9 Å². The molecule has 1 aliphatic heterocycles. The van der Waals surface area contributed by atoms with Crippen molar-refractivity contribution in [2.24, 2.45) is 0 Å². The molecular weight excluding hydrogens is 218 g/mol. The Morgan fingerprint density at radius 2 is 2.12 bits per heavy atom. The molecule has 2 nitrogen and oxygen atoms in total. The minimum Gasteiger partial charge on any atom is -0.380 e. The molecule has 1 N–H and O–H groups in total. The molecule has 2 rings (SSSR count). The lowest BCUT2D eigenvalue weighted by molar-refractivity contribution is 0.0412. The third-order valence-electron chi connectivity index (χ3n) is 4.04. The van der Waals surface area contributed by atoms with Gasteiger partial charge in [-0.3, -0.25) is 0 Å². The first-order valence-corrected chi connectivity index (χ1v) is 7.62. The van der Waals surface area contributed by atoms with E-state index in [1.54, 1.807) is 0 Å². The van der Waals surface area contributed by atoms with Crippen molar-refractivity contribution in [3.8, 4) is 0 Å². The summed E-state index contributed by atoms with van der Waals surface area (Å²) in [4.78, 5) is 0. The Hall–Kier alpha value is 0.270. The summed E-state index contributed by atoms with van der Waals surface area (Å²) in [6, 6.07) is 0.594. The Morgan fingerprint density at radius 3 is 2.81 bits per heavy atom. The molecule has 2 fully saturated rings. The van der Waals surface area contributed by atoms with Crippen LogP contribution in [0.25, 0.3) is 0 Å². The number of hydrogen-bond acceptors (Lipinski definition) is 3. The number of rotatable bonds is 4. The second kappa shape index (κ2) is 5.74. The maximum Gasteiger partial charge on any atom is 0.0724 e. The third kappa shape index (κ3) is 3.14. The first-order chi connectivity index (χ1) is 7.73. The fraction of sp³-hybridized carbons (Fsp3) is 1.00. The summed E-state index contributed by atoms with van der Waals surface area (Å²) in [5, 5.41) is 3.76. The molecule has 1 aliphatic carbocycles. The van der Waals surface area contributed by atoms with Gasteiger partial charge in [0.05, 0.1) is 6.10 Å². The molecule has 0 amide bonds. The smallest absolute Gasteiger partial charge is 0.0724 e. The van der Waals surface area contributed by atoms with Gasteiger partial charge in [-0.2, -0.15) is 11.8 Å². The van der Waals surface area contributed by atoms with E-state index >= 15 is 0 Å². The van der Waals surface area contributed by atoms with Crippen LogP contribution in [-0.4, -0.2) is 36.3 Å². The van der Waals surface area contributed by atoms with Crippen molar-refractivity contribution in [2.75, 3.05) is 19.4 Å². The summed E-state index contributed by atoms with van der Waals surface area (Å²) in [5.41, 5.74) is 0. The zero-order chi connectivity index (χ0) is 11.4. The van der Waals surface area contributed by atoms with Gasteiger partial charge in [0.2, 0.25) is 0 Å². The van der Waals surface area contributed by atoms with Crippen LogP contribution in [0.3, 0.4) is 0 Å². The molecule has 2 aliphatic rings. The van der Waals surface area contributed by atoms with Crippen molar-refractivity contribution in [3.05, 3.63) is 0 Å². The van der Waals surface area contributed by atoms with Crippen molar-refractivity contribution in [3.63, 3.8) is 0 Å². The summed E-state index contributed by atoms with van der Waals surface area (Å²) in [5.74, 6) is 1.34. The standard InChI is InChI=1S/C13H25NOS/c1-13(8-5-9-16-13)10-14-11-6-3-4-7-12(11)15-2/h11-12,14H,3-10H2,1-2H3. The van der Waals surface area contributed by atoms with Crippen LogP contribution in [0, 0.1) is 0 Å². The van der Waals surface area contributed by atoms with E-state index in [1.165, 1.54) is 44.3 Å². The largest absolute Gasteiger partial charge is 0.380 e. The molecule has 0 aromatic rings. The molecule has 0 bridgehead atoms. The van der Waals surface area contributed by atoms with E-state index in [4.69, 9.17) is 4.74 Å². The molecule has 0 radical (unpaired) electrons. The van der Waals surface area contributed by atoms with Crippen molar-refractivity contribution in [1.82, 2.24) is 5.32 Å². The molecule has 3 atom stereocenters. The Bertz CT molecular complexity index is 216. The van der Waals surface area contributed by atoms with Crippen LogP contribution >= 0.6 is 11.8 Å². The topological polar surface area (TPSA) is 21.3 Å². The minimum absolute atomic E-state index is 0.448. The maximum absolute atomic E-state index is 5.58. The zero-order valence-electron chi connectivity index (χ0n) is 10.6. The maximum atomic E-state index is 5.58. The molecular formula is C13H25NOS. The van der Waals surface area contributed by atoms with Gasteiger partial charge < -0.3 is 10.1 Å². The van der Waals surface area contributed by atoms with E-state index in [1.807, 2.05) is 7.11 Å². The molecule has 0 spiro atoms. The van der Waals surface area contributed by atoms with Crippen LogP contribution < -0.4 is 5.32 Å². The number of methoxy groups -OCH3 is 1. The number of hydrogen-bond donors (Lipinski definition) is 1. The summed E-state index contributed by atoms with van der Waals surface area (Å²) in [6.07, 6.45) is 8.43. The molecule has 3 heteroatoms. The average Bonchev–Trinajstić information content (AvgIpc) is 2.74. The van der Waals surface area contributed by atoms with Crippen molar-refractivity contribution < 1.29 is 4.74 Å². The lowest BCUT2D eigenvalue weighted by Gasteiger charge is -2.34. The predicted octanol–water partition coefficient (Wildman–Crippen LogP) is 2.82. The molecule has 3 unspecified atom stereocenters. The van der Waals surface area contributed by atoms with Crippen LogP contribution in [0.15, 0.2) is 0 Å². The van der Waals surface area contributed by atoms with E-state index in [0.717, 1.165) is 6.54 Å². The second-order valence-electron chi connectivity index (χ2n) is 5.45. The number of ether oxygens (including phenoxy) is 1. The Labute approximate surface area is 104 Å². The van der Waals surface area contributed by atoms with Crippen LogP contribution in [-0.2, 0) is 4.74 Å². The van der Waals surface area contributed by atoms with Crippen LogP contribution in [0.4, 0.5) is 0 Å². The fourth-order valence-electron chi connectivity index (χ4n) is 2.94. The summed E-state index contributed by atoms with van der Waals surface area (Å²) in [7, 11) is 1.86. The molecule has 1 saturated carbocycles. The highest BCUT2D eigenvalue weighted by atomic mass is 32.2. The Balaban J connectivity index is 1.79. The van der Waals surface area contributed by atoms with Gasteiger partial charge in [-0.15, -0.1) is 0 Å². The second-order valence-corrected chi connectivity index (χ2v) is 7.13. The summed E-state index contributed by atoms with van der Waals surface area (Å²) >= 11 is 2.14. The number of thioether (sulfide) groups is 1. The Morgan fingerprint density at radius 1 is 1.31 bits per heavy atom. The molecule has 0 aromatic carbocycles. The minimum atomic E-state index is 0.448. The number of nitrogens with one attached hydrogen (secondary N) is 1. The van der Waals surface area contributed by atoms with Gasteiger partial charge in [-0.05, 0) is 38.4 Å². The molecule has 16 heavy (non-hydrogen) atoms. The molecule has 1 heterocycles. The van der Waals surface area contributed by atoms with Gasteiger partial charge in [-0.25, -0.2) is 0 Å². The molecule has 0 aromatic heterocycles. The lowest BCUT2D eigenvalue weighted by atomic mass is 9.92. The zero-order valence-corrected chi connectivity index (χ0v) is 11.4. The van der Waals surface area contributed by atoms with E-state index in [9.17, 15) is 0 Å². The van der Waals surface area contributed by atoms with E-state index in [-0.39, 0.29) is 0 Å². The van der Waals surface area contributed by atoms with Gasteiger partial charge in [0.1, 0.15) is 0 Å². The van der Waals surface area contributed by atoms with Gasteiger partial charge in [0.25, 0.3) is 0 Å². The highest BCUT2D eigenvalue weighted by molar-refractivity contribution is 8.00. The van der Waals surface area contributed by atoms with Crippen molar-refractivity contribution in [2.45, 2.75) is 62.3 Å². The highest BCUT2D eigenvalue weighted by Crippen LogP contribution is 2.37. The highest BCUT2D eigenvalue weighted by Gasteiger charge is 2.32. The first-order valence-electron chi connectivity index (χ1n) is 6.64. The van der Waals surface area contributed by atoms with Gasteiger partial charge in [-0.1, -0.05) is 12.8 Å². The van der Waals surface area contributed by atoms with Gasteiger partial charge in [0, 0.05) is 24.4 Å². The monoisotopic (exact) mass is 243 g/mol. The van der Waals surface area contributed by atoms with E-state index in [2.05, 4.69) is 24.0 Å². The first kappa shape index (κ1) is 12.7. The normalized spacial score (nSPS) is 40.1. The van der Waals surface area contributed by atoms with Crippen molar-refractivity contribution >= 4 is 11.8 Å². The quantitative estimate of drug-likeness (QED) is 0.820. The molecule has 94 valence electrons. The predicted molar refractivity (Wildman–Crippen MR) is 71.2 cm³/mol. The van der Waals surface area contributed by atoms with Crippen LogP contribution in [0.1, 0.15) is 45.4 Å². The van der Waals surface area contributed by atoms with Crippen molar-refractivity contribution in [1.29, 1.82) is 0 Å². The lowest BCUT2D eigenvalue weighted by Crippen LogP contribution is -2.47. The average molecular weight is 243 g/mol. The van der Waals surface area contributed by atoms with Gasteiger partial charge >= 0.3 is 0 Å². The van der Waals surface area contributed by atoms with Crippen LogP contribution in [0.2, 0.25) is 0 Å². The van der Waals surface area contributed by atoms with Crippen LogP contribution in [0.5, 0.6) is 0 Å². The summed E-state index contributed by atoms with van der Waals surface area (Å²) in [6.45, 7) is 3.56. The SMILES string of the molecule is COC1CCCCC1NCC1(C)CCCS1. The third-order valence-corrected chi connectivity index (χ3v) is 5.58.